The van der Waals surface area contributed by atoms with Crippen molar-refractivity contribution in [2.75, 3.05) is 36.6 Å². The molecule has 3 heterocycles. The van der Waals surface area contributed by atoms with E-state index in [0.717, 1.165) is 18.5 Å². The molecule has 2 aromatic rings. The Labute approximate surface area is 145 Å². The van der Waals surface area contributed by atoms with Gasteiger partial charge in [-0.25, -0.2) is 19.8 Å². The third-order valence-electron chi connectivity index (χ3n) is 3.46. The number of nitrogens with one attached hydrogen (secondary N) is 1. The Kier molecular flexibility index (Phi) is 5.26. The number of hydrogen-bond donors (Lipinski definition) is 1. The Morgan fingerprint density at radius 2 is 1.96 bits per heavy atom. The molecule has 0 spiro atoms. The van der Waals surface area contributed by atoms with Crippen molar-refractivity contribution in [2.24, 2.45) is 5.10 Å². The molecule has 0 unspecified atom stereocenters. The zero-order chi connectivity index (χ0) is 18.6. The highest BCUT2D eigenvalue weighted by molar-refractivity contribution is 5.77. The molecular formula is C15H14F4N6O. The van der Waals surface area contributed by atoms with E-state index in [1.807, 2.05) is 0 Å². The minimum Gasteiger partial charge on any atom is -0.378 e. The molecule has 0 aromatic carbocycles. The van der Waals surface area contributed by atoms with E-state index in [9.17, 15) is 17.6 Å². The molecule has 7 nitrogen and oxygen atoms in total. The van der Waals surface area contributed by atoms with E-state index in [1.54, 1.807) is 4.90 Å². The number of hydrogen-bond acceptors (Lipinski definition) is 7. The first-order valence-electron chi connectivity index (χ1n) is 7.62. The lowest BCUT2D eigenvalue weighted by molar-refractivity contribution is -0.141. The Balaban J connectivity index is 1.70. The van der Waals surface area contributed by atoms with Crippen molar-refractivity contribution in [1.29, 1.82) is 0 Å². The summed E-state index contributed by atoms with van der Waals surface area (Å²) in [7, 11) is 0. The summed E-state index contributed by atoms with van der Waals surface area (Å²) in [5.74, 6) is -0.463. The molecule has 1 aliphatic rings. The van der Waals surface area contributed by atoms with Crippen LogP contribution < -0.4 is 10.3 Å². The highest BCUT2D eigenvalue weighted by atomic mass is 19.4. The fourth-order valence-corrected chi connectivity index (χ4v) is 2.25. The Bertz CT molecular complexity index is 792. The number of rotatable bonds is 4. The van der Waals surface area contributed by atoms with Gasteiger partial charge in [0, 0.05) is 13.1 Å². The van der Waals surface area contributed by atoms with E-state index in [-0.39, 0.29) is 17.5 Å². The monoisotopic (exact) mass is 370 g/mol. The first kappa shape index (κ1) is 18.0. The van der Waals surface area contributed by atoms with Crippen molar-refractivity contribution < 1.29 is 22.3 Å². The number of alkyl halides is 3. The number of nitrogens with zero attached hydrogens (tertiary/aromatic N) is 5. The van der Waals surface area contributed by atoms with Gasteiger partial charge < -0.3 is 9.64 Å². The Morgan fingerprint density at radius 3 is 2.69 bits per heavy atom. The Morgan fingerprint density at radius 1 is 1.19 bits per heavy atom. The molecular weight excluding hydrogens is 356 g/mol. The van der Waals surface area contributed by atoms with Crippen molar-refractivity contribution in [3.63, 3.8) is 0 Å². The van der Waals surface area contributed by atoms with Gasteiger partial charge in [0.2, 0.25) is 5.95 Å². The maximum absolute atomic E-state index is 13.9. The summed E-state index contributed by atoms with van der Waals surface area (Å²) in [6.07, 6.45) is -2.45. The number of morpholine rings is 1. The molecule has 2 aromatic heterocycles. The van der Waals surface area contributed by atoms with Crippen LogP contribution in [-0.4, -0.2) is 47.5 Å². The zero-order valence-electron chi connectivity index (χ0n) is 13.4. The minimum atomic E-state index is -4.54. The number of pyridine rings is 1. The molecule has 1 fully saturated rings. The third-order valence-corrected chi connectivity index (χ3v) is 3.46. The summed E-state index contributed by atoms with van der Waals surface area (Å²) in [4.78, 5) is 13.0. The summed E-state index contributed by atoms with van der Waals surface area (Å²) in [5.41, 5.74) is 1.44. The second kappa shape index (κ2) is 7.60. The van der Waals surface area contributed by atoms with Gasteiger partial charge >= 0.3 is 6.18 Å². The number of aromatic nitrogens is 3. The summed E-state index contributed by atoms with van der Waals surface area (Å²) in [6.45, 7) is 1.91. The van der Waals surface area contributed by atoms with Gasteiger partial charge in [0.1, 0.15) is 5.69 Å². The predicted molar refractivity (Wildman–Crippen MR) is 85.5 cm³/mol. The van der Waals surface area contributed by atoms with Gasteiger partial charge in [-0.2, -0.15) is 23.3 Å². The highest BCUT2D eigenvalue weighted by Crippen LogP contribution is 2.27. The van der Waals surface area contributed by atoms with Gasteiger partial charge in [-0.15, -0.1) is 0 Å². The van der Waals surface area contributed by atoms with Crippen molar-refractivity contribution in [2.45, 2.75) is 6.18 Å². The first-order valence-corrected chi connectivity index (χ1v) is 7.62. The van der Waals surface area contributed by atoms with Crippen LogP contribution in [0.4, 0.5) is 29.3 Å². The van der Waals surface area contributed by atoms with Gasteiger partial charge in [-0.3, -0.25) is 0 Å². The first-order chi connectivity index (χ1) is 12.4. The van der Waals surface area contributed by atoms with Gasteiger partial charge in [0.25, 0.3) is 0 Å². The molecule has 11 heteroatoms. The van der Waals surface area contributed by atoms with Crippen LogP contribution in [0.1, 0.15) is 11.4 Å². The molecule has 0 saturated carbocycles. The second-order valence-electron chi connectivity index (χ2n) is 5.28. The molecule has 1 saturated heterocycles. The lowest BCUT2D eigenvalue weighted by Gasteiger charge is -2.27. The van der Waals surface area contributed by atoms with Gasteiger partial charge in [-0.1, -0.05) is 6.07 Å². The molecule has 0 amide bonds. The van der Waals surface area contributed by atoms with Crippen LogP contribution in [0.2, 0.25) is 0 Å². The average molecular weight is 370 g/mol. The maximum atomic E-state index is 13.9. The molecule has 0 bridgehead atoms. The van der Waals surface area contributed by atoms with Crippen LogP contribution in [-0.2, 0) is 10.9 Å². The highest BCUT2D eigenvalue weighted by Gasteiger charge is 2.32. The van der Waals surface area contributed by atoms with E-state index < -0.39 is 17.7 Å². The smallest absolute Gasteiger partial charge is 0.378 e. The number of ether oxygens (including phenoxy) is 1. The fourth-order valence-electron chi connectivity index (χ4n) is 2.25. The van der Waals surface area contributed by atoms with E-state index in [2.05, 4.69) is 25.5 Å². The number of hydrazone groups is 1. The molecule has 0 atom stereocenters. The van der Waals surface area contributed by atoms with Crippen LogP contribution in [0.5, 0.6) is 0 Å². The third kappa shape index (κ3) is 4.42. The van der Waals surface area contributed by atoms with Crippen LogP contribution in [0.3, 0.4) is 0 Å². The van der Waals surface area contributed by atoms with E-state index in [1.165, 1.54) is 12.1 Å². The van der Waals surface area contributed by atoms with Gasteiger partial charge in [-0.05, 0) is 12.1 Å². The topological polar surface area (TPSA) is 75.5 Å². The van der Waals surface area contributed by atoms with Crippen LogP contribution in [0.25, 0.3) is 0 Å². The van der Waals surface area contributed by atoms with Crippen molar-refractivity contribution >= 4 is 18.0 Å². The van der Waals surface area contributed by atoms with Crippen LogP contribution in [0.15, 0.2) is 29.5 Å². The maximum Gasteiger partial charge on any atom is 0.433 e. The lowest BCUT2D eigenvalue weighted by atomic mass is 10.3. The molecule has 1 N–H and O–H groups in total. The van der Waals surface area contributed by atoms with Crippen LogP contribution >= 0.6 is 0 Å². The van der Waals surface area contributed by atoms with Crippen LogP contribution in [0, 0.1) is 5.82 Å². The van der Waals surface area contributed by atoms with Crippen molar-refractivity contribution in [1.82, 2.24) is 15.0 Å². The largest absolute Gasteiger partial charge is 0.433 e. The zero-order valence-corrected chi connectivity index (χ0v) is 13.4. The van der Waals surface area contributed by atoms with Crippen molar-refractivity contribution in [3.05, 3.63) is 41.6 Å². The summed E-state index contributed by atoms with van der Waals surface area (Å²) < 4.78 is 57.0. The summed E-state index contributed by atoms with van der Waals surface area (Å²) in [5, 5.41) is 3.76. The summed E-state index contributed by atoms with van der Waals surface area (Å²) >= 11 is 0. The van der Waals surface area contributed by atoms with Gasteiger partial charge in [0.15, 0.2) is 11.6 Å². The SMILES string of the molecule is Fc1cnc(N/N=C\c2cccc(C(F)(F)F)n2)nc1N1CCOCC1. The molecule has 1 aliphatic heterocycles. The minimum absolute atomic E-state index is 0.00263. The number of halogens is 4. The number of anilines is 2. The van der Waals surface area contributed by atoms with Gasteiger partial charge in [0.05, 0.1) is 31.3 Å². The Hall–Kier alpha value is -2.82. The van der Waals surface area contributed by atoms with E-state index >= 15 is 0 Å². The molecule has 138 valence electrons. The summed E-state index contributed by atoms with van der Waals surface area (Å²) in [6, 6.07) is 3.45. The fraction of sp³-hybridized carbons (Fsp3) is 0.333. The molecule has 0 radical (unpaired) electrons. The molecule has 26 heavy (non-hydrogen) atoms. The quantitative estimate of drug-likeness (QED) is 0.506. The average Bonchev–Trinajstić information content (AvgIpc) is 2.63. The van der Waals surface area contributed by atoms with E-state index in [4.69, 9.17) is 4.74 Å². The van der Waals surface area contributed by atoms with E-state index in [0.29, 0.717) is 26.3 Å². The second-order valence-corrected chi connectivity index (χ2v) is 5.28. The molecule has 0 aliphatic carbocycles. The normalized spacial score (nSPS) is 15.5. The lowest BCUT2D eigenvalue weighted by Crippen LogP contribution is -2.37. The van der Waals surface area contributed by atoms with Crippen molar-refractivity contribution in [3.8, 4) is 0 Å². The molecule has 3 rings (SSSR count). The standard InChI is InChI=1S/C15H14F4N6O/c16-11-9-20-14(23-13(11)25-4-6-26-7-5-25)24-21-8-10-2-1-3-12(22-10)15(17,18)19/h1-3,8-9H,4-7H2,(H,20,23,24)/b21-8-. The predicted octanol–water partition coefficient (Wildman–Crippen LogP) is 2.31.